The highest BCUT2D eigenvalue weighted by Gasteiger charge is 2.26. The molecule has 0 unspecified atom stereocenters. The molecule has 20 heavy (non-hydrogen) atoms. The van der Waals surface area contributed by atoms with Crippen molar-refractivity contribution in [3.8, 4) is 0 Å². The van der Waals surface area contributed by atoms with Gasteiger partial charge in [-0.2, -0.15) is 9.37 Å². The molecule has 0 spiro atoms. The van der Waals surface area contributed by atoms with Gasteiger partial charge in [-0.05, 0) is 26.8 Å². The third-order valence-electron chi connectivity index (χ3n) is 2.87. The fraction of sp³-hybridized carbons (Fsp3) is 0.615. The molecule has 2 heterocycles. The molecule has 110 valence electrons. The van der Waals surface area contributed by atoms with E-state index < -0.39 is 11.7 Å². The first-order valence-corrected chi connectivity index (χ1v) is 6.56. The molecule has 0 aliphatic carbocycles. The average Bonchev–Trinajstić information content (AvgIpc) is 2.37. The van der Waals surface area contributed by atoms with Gasteiger partial charge >= 0.3 is 12.2 Å². The number of nitrogens with zero attached hydrogens (tertiary/aromatic N) is 4. The van der Waals surface area contributed by atoms with Gasteiger partial charge in [0, 0.05) is 32.4 Å². The third kappa shape index (κ3) is 3.79. The van der Waals surface area contributed by atoms with E-state index >= 15 is 0 Å². The van der Waals surface area contributed by atoms with E-state index in [9.17, 15) is 9.18 Å². The largest absolute Gasteiger partial charge is 0.444 e. The van der Waals surface area contributed by atoms with Crippen molar-refractivity contribution >= 4 is 11.9 Å². The number of rotatable bonds is 1. The molecule has 0 N–H and O–H groups in total. The van der Waals surface area contributed by atoms with Crippen LogP contribution in [0, 0.1) is 6.08 Å². The summed E-state index contributed by atoms with van der Waals surface area (Å²) in [7, 11) is 0. The summed E-state index contributed by atoms with van der Waals surface area (Å²) in [4.78, 5) is 22.7. The standard InChI is InChI=1S/C13H19FN4O2/c1-13(2,3)20-12(19)18-8-6-17(7-9-18)10-4-5-15-11(14)16-10/h4-5H,6-9H2,1-3H3. The number of piperazine rings is 1. The Morgan fingerprint density at radius 1 is 1.30 bits per heavy atom. The van der Waals surface area contributed by atoms with Crippen molar-refractivity contribution in [2.24, 2.45) is 0 Å². The second-order valence-electron chi connectivity index (χ2n) is 5.64. The zero-order valence-corrected chi connectivity index (χ0v) is 12.0. The Balaban J connectivity index is 1.91. The Kier molecular flexibility index (Phi) is 4.06. The molecule has 1 aliphatic rings. The molecule has 1 aliphatic heterocycles. The number of carbonyl (C=O) groups is 1. The van der Waals surface area contributed by atoms with Crippen LogP contribution in [0.4, 0.5) is 15.0 Å². The van der Waals surface area contributed by atoms with Crippen LogP contribution in [0.3, 0.4) is 0 Å². The minimum atomic E-state index is -0.739. The maximum Gasteiger partial charge on any atom is 0.410 e. The molecule has 1 fully saturated rings. The smallest absolute Gasteiger partial charge is 0.410 e. The molecule has 6 nitrogen and oxygen atoms in total. The SMILES string of the molecule is CC(C)(C)OC(=O)N1CCN(c2ccnc(F)n2)CC1. The van der Waals surface area contributed by atoms with Crippen molar-refractivity contribution in [2.45, 2.75) is 26.4 Å². The maximum absolute atomic E-state index is 13.0. The molecule has 0 bridgehead atoms. The van der Waals surface area contributed by atoms with E-state index in [1.54, 1.807) is 11.0 Å². The van der Waals surface area contributed by atoms with E-state index in [4.69, 9.17) is 4.74 Å². The first kappa shape index (κ1) is 14.5. The Morgan fingerprint density at radius 3 is 2.50 bits per heavy atom. The van der Waals surface area contributed by atoms with E-state index in [0.29, 0.717) is 32.0 Å². The highest BCUT2D eigenvalue weighted by atomic mass is 19.1. The van der Waals surface area contributed by atoms with E-state index in [0.717, 1.165) is 0 Å². The van der Waals surface area contributed by atoms with Gasteiger partial charge in [0.05, 0.1) is 0 Å². The summed E-state index contributed by atoms with van der Waals surface area (Å²) in [6.07, 6.45) is 0.334. The van der Waals surface area contributed by atoms with Gasteiger partial charge < -0.3 is 14.5 Å². The number of hydrogen-bond acceptors (Lipinski definition) is 5. The van der Waals surface area contributed by atoms with Gasteiger partial charge in [0.1, 0.15) is 11.4 Å². The lowest BCUT2D eigenvalue weighted by molar-refractivity contribution is 0.0240. The molecule has 1 aromatic heterocycles. The van der Waals surface area contributed by atoms with E-state index in [2.05, 4.69) is 9.97 Å². The van der Waals surface area contributed by atoms with Crippen molar-refractivity contribution in [1.82, 2.24) is 14.9 Å². The van der Waals surface area contributed by atoms with E-state index in [-0.39, 0.29) is 6.09 Å². The average molecular weight is 282 g/mol. The number of aromatic nitrogens is 2. The highest BCUT2D eigenvalue weighted by Crippen LogP contribution is 2.15. The Bertz CT molecular complexity index is 482. The second-order valence-corrected chi connectivity index (χ2v) is 5.64. The van der Waals surface area contributed by atoms with E-state index in [1.165, 1.54) is 6.20 Å². The Hall–Kier alpha value is -1.92. The molecule has 2 rings (SSSR count). The molecule has 1 amide bonds. The number of carbonyl (C=O) groups excluding carboxylic acids is 1. The lowest BCUT2D eigenvalue weighted by Gasteiger charge is -2.36. The number of ether oxygens (including phenoxy) is 1. The second kappa shape index (κ2) is 5.60. The van der Waals surface area contributed by atoms with Gasteiger partial charge in [0.15, 0.2) is 0 Å². The van der Waals surface area contributed by atoms with Crippen molar-refractivity contribution in [2.75, 3.05) is 31.1 Å². The molecular weight excluding hydrogens is 263 g/mol. The van der Waals surface area contributed by atoms with Gasteiger partial charge in [-0.3, -0.25) is 0 Å². The van der Waals surface area contributed by atoms with Gasteiger partial charge in [0.25, 0.3) is 0 Å². The first-order chi connectivity index (χ1) is 9.35. The number of hydrogen-bond donors (Lipinski definition) is 0. The molecule has 7 heteroatoms. The third-order valence-corrected chi connectivity index (χ3v) is 2.87. The summed E-state index contributed by atoms with van der Waals surface area (Å²) in [6, 6.07) is 1.66. The summed E-state index contributed by atoms with van der Waals surface area (Å²) >= 11 is 0. The van der Waals surface area contributed by atoms with Gasteiger partial charge in [-0.1, -0.05) is 0 Å². The van der Waals surface area contributed by atoms with Crippen LogP contribution >= 0.6 is 0 Å². The summed E-state index contributed by atoms with van der Waals surface area (Å²) < 4.78 is 18.3. The van der Waals surface area contributed by atoms with Crippen LogP contribution < -0.4 is 4.90 Å². The fourth-order valence-electron chi connectivity index (χ4n) is 1.95. The Morgan fingerprint density at radius 2 is 1.95 bits per heavy atom. The summed E-state index contributed by atoms with van der Waals surface area (Å²) in [5.74, 6) is 0.543. The monoisotopic (exact) mass is 282 g/mol. The molecule has 1 aromatic rings. The molecule has 1 saturated heterocycles. The van der Waals surface area contributed by atoms with Crippen LogP contribution in [0.1, 0.15) is 20.8 Å². The van der Waals surface area contributed by atoms with Crippen molar-refractivity contribution < 1.29 is 13.9 Å². The van der Waals surface area contributed by atoms with Crippen LogP contribution in [0.2, 0.25) is 0 Å². The summed E-state index contributed by atoms with van der Waals surface area (Å²) in [5.41, 5.74) is -0.496. The van der Waals surface area contributed by atoms with E-state index in [1.807, 2.05) is 25.7 Å². The van der Waals surface area contributed by atoms with Crippen molar-refractivity contribution in [3.63, 3.8) is 0 Å². The molecule has 0 saturated carbocycles. The zero-order chi connectivity index (χ0) is 14.8. The van der Waals surface area contributed by atoms with Gasteiger partial charge in [0.2, 0.25) is 0 Å². The first-order valence-electron chi connectivity index (χ1n) is 6.56. The quantitative estimate of drug-likeness (QED) is 0.733. The maximum atomic E-state index is 13.0. The Labute approximate surface area is 117 Å². The fourth-order valence-corrected chi connectivity index (χ4v) is 1.95. The van der Waals surface area contributed by atoms with Crippen LogP contribution in [-0.4, -0.2) is 52.7 Å². The van der Waals surface area contributed by atoms with Crippen LogP contribution in [0.25, 0.3) is 0 Å². The van der Waals surface area contributed by atoms with Crippen molar-refractivity contribution in [3.05, 3.63) is 18.3 Å². The summed E-state index contributed by atoms with van der Waals surface area (Å²) in [5, 5.41) is 0. The summed E-state index contributed by atoms with van der Waals surface area (Å²) in [6.45, 7) is 7.76. The van der Waals surface area contributed by atoms with Crippen LogP contribution in [0.15, 0.2) is 12.3 Å². The van der Waals surface area contributed by atoms with Crippen LogP contribution in [0.5, 0.6) is 0 Å². The number of amides is 1. The minimum absolute atomic E-state index is 0.314. The molecule has 0 atom stereocenters. The predicted octanol–water partition coefficient (Wildman–Crippen LogP) is 1.67. The molecular formula is C13H19FN4O2. The minimum Gasteiger partial charge on any atom is -0.444 e. The normalized spacial score (nSPS) is 16.2. The molecule has 0 aromatic carbocycles. The van der Waals surface area contributed by atoms with Crippen molar-refractivity contribution in [1.29, 1.82) is 0 Å². The topological polar surface area (TPSA) is 58.6 Å². The lowest BCUT2D eigenvalue weighted by Crippen LogP contribution is -2.50. The number of halogens is 1. The van der Waals surface area contributed by atoms with Gasteiger partial charge in [-0.25, -0.2) is 9.78 Å². The predicted molar refractivity (Wildman–Crippen MR) is 72.0 cm³/mol. The lowest BCUT2D eigenvalue weighted by atomic mass is 10.2. The highest BCUT2D eigenvalue weighted by molar-refractivity contribution is 5.68. The number of anilines is 1. The van der Waals surface area contributed by atoms with Crippen LogP contribution in [-0.2, 0) is 4.74 Å². The zero-order valence-electron chi connectivity index (χ0n) is 12.0. The van der Waals surface area contributed by atoms with Gasteiger partial charge in [-0.15, -0.1) is 0 Å². The molecule has 0 radical (unpaired) electrons.